The Labute approximate surface area is 109 Å². The number of amides is 1. The highest BCUT2D eigenvalue weighted by molar-refractivity contribution is 5.89. The van der Waals surface area contributed by atoms with E-state index in [0.717, 1.165) is 0 Å². The summed E-state index contributed by atoms with van der Waals surface area (Å²) >= 11 is 0. The highest BCUT2D eigenvalue weighted by atomic mass is 16.3. The summed E-state index contributed by atoms with van der Waals surface area (Å²) in [4.78, 5) is 13.6. The molecule has 1 amide bonds. The predicted molar refractivity (Wildman–Crippen MR) is 67.8 cm³/mol. The number of carbonyl (C=O) groups excluding carboxylic acids is 1. The minimum Gasteiger partial charge on any atom is -0.508 e. The van der Waals surface area contributed by atoms with E-state index in [4.69, 9.17) is 5.73 Å². The summed E-state index contributed by atoms with van der Waals surface area (Å²) in [7, 11) is 0. The van der Waals surface area contributed by atoms with Crippen molar-refractivity contribution in [3.63, 3.8) is 0 Å². The van der Waals surface area contributed by atoms with Crippen molar-refractivity contribution in [2.75, 3.05) is 0 Å². The maximum atomic E-state index is 10.9. The number of benzene rings is 1. The molecular weight excluding hydrogens is 248 g/mol. The number of nitrogens with one attached hydrogen (secondary N) is 1. The van der Waals surface area contributed by atoms with E-state index >= 15 is 0 Å². The average molecular weight is 262 g/mol. The molecule has 0 atom stereocenters. The number of hydrogen-bond acceptors (Lipinski definition) is 5. The standard InChI is InChI=1S/C12H14N4O3/c1-5(2)6-3-7(9(18)4-8(6)17)11-14-12(10(13)19)16-15-11/h3-5,17-18H,1-2H3,(H2,13,19)(H,14,15,16). The smallest absolute Gasteiger partial charge is 0.286 e. The van der Waals surface area contributed by atoms with Crippen LogP contribution in [0.4, 0.5) is 0 Å². The zero-order chi connectivity index (χ0) is 14.2. The Bertz CT molecular complexity index is 634. The average Bonchev–Trinajstić information content (AvgIpc) is 2.77. The van der Waals surface area contributed by atoms with Crippen LogP contribution >= 0.6 is 0 Å². The summed E-state index contributed by atoms with van der Waals surface area (Å²) in [5.41, 5.74) is 6.08. The van der Waals surface area contributed by atoms with Crippen molar-refractivity contribution in [1.82, 2.24) is 15.2 Å². The molecule has 7 heteroatoms. The Kier molecular flexibility index (Phi) is 3.12. The third kappa shape index (κ3) is 2.35. The molecule has 100 valence electrons. The fraction of sp³-hybridized carbons (Fsp3) is 0.250. The van der Waals surface area contributed by atoms with Crippen LogP contribution in [0, 0.1) is 0 Å². The van der Waals surface area contributed by atoms with E-state index in [2.05, 4.69) is 15.2 Å². The second kappa shape index (κ2) is 4.60. The van der Waals surface area contributed by atoms with E-state index in [1.807, 2.05) is 13.8 Å². The summed E-state index contributed by atoms with van der Waals surface area (Å²) in [6.45, 7) is 3.82. The van der Waals surface area contributed by atoms with Crippen LogP contribution in [0.2, 0.25) is 0 Å². The molecule has 1 aromatic heterocycles. The number of H-pyrrole nitrogens is 1. The van der Waals surface area contributed by atoms with Gasteiger partial charge >= 0.3 is 0 Å². The first-order chi connectivity index (χ1) is 8.90. The molecule has 0 unspecified atom stereocenters. The van der Waals surface area contributed by atoms with Crippen molar-refractivity contribution in [1.29, 1.82) is 0 Å². The first-order valence-electron chi connectivity index (χ1n) is 5.69. The highest BCUT2D eigenvalue weighted by Gasteiger charge is 2.16. The SMILES string of the molecule is CC(C)c1cc(-c2nnc(C(N)=O)[nH]2)c(O)cc1O. The van der Waals surface area contributed by atoms with Gasteiger partial charge < -0.3 is 20.9 Å². The van der Waals surface area contributed by atoms with Crippen molar-refractivity contribution in [3.05, 3.63) is 23.5 Å². The van der Waals surface area contributed by atoms with Crippen LogP contribution in [0.1, 0.15) is 35.9 Å². The molecule has 19 heavy (non-hydrogen) atoms. The van der Waals surface area contributed by atoms with Crippen molar-refractivity contribution in [2.24, 2.45) is 5.73 Å². The van der Waals surface area contributed by atoms with Crippen molar-refractivity contribution in [2.45, 2.75) is 19.8 Å². The fourth-order valence-electron chi connectivity index (χ4n) is 1.74. The molecule has 0 bridgehead atoms. The maximum absolute atomic E-state index is 10.9. The topological polar surface area (TPSA) is 125 Å². The van der Waals surface area contributed by atoms with E-state index in [1.54, 1.807) is 6.07 Å². The van der Waals surface area contributed by atoms with Gasteiger partial charge in [-0.2, -0.15) is 0 Å². The Morgan fingerprint density at radius 1 is 1.26 bits per heavy atom. The lowest BCUT2D eigenvalue weighted by Gasteiger charge is -2.11. The molecule has 0 saturated carbocycles. The second-order valence-electron chi connectivity index (χ2n) is 4.47. The van der Waals surface area contributed by atoms with Gasteiger partial charge in [0, 0.05) is 6.07 Å². The molecule has 5 N–H and O–H groups in total. The predicted octanol–water partition coefficient (Wildman–Crippen LogP) is 1.11. The molecule has 7 nitrogen and oxygen atoms in total. The lowest BCUT2D eigenvalue weighted by Crippen LogP contribution is -2.12. The molecule has 0 aliphatic heterocycles. The van der Waals surface area contributed by atoms with Crippen LogP contribution < -0.4 is 5.73 Å². The summed E-state index contributed by atoms with van der Waals surface area (Å²) in [5, 5.41) is 26.9. The zero-order valence-electron chi connectivity index (χ0n) is 10.5. The summed E-state index contributed by atoms with van der Waals surface area (Å²) in [6, 6.07) is 2.83. The van der Waals surface area contributed by atoms with E-state index in [0.29, 0.717) is 11.1 Å². The van der Waals surface area contributed by atoms with Crippen LogP contribution in [0.3, 0.4) is 0 Å². The first-order valence-corrected chi connectivity index (χ1v) is 5.69. The molecule has 0 fully saturated rings. The lowest BCUT2D eigenvalue weighted by atomic mass is 9.98. The van der Waals surface area contributed by atoms with Gasteiger partial charge in [-0.05, 0) is 17.5 Å². The van der Waals surface area contributed by atoms with E-state index in [-0.39, 0.29) is 29.1 Å². The number of aromatic hydroxyl groups is 2. The van der Waals surface area contributed by atoms with Crippen LogP contribution in [-0.2, 0) is 0 Å². The minimum atomic E-state index is -0.735. The molecule has 2 rings (SSSR count). The highest BCUT2D eigenvalue weighted by Crippen LogP contribution is 2.36. The van der Waals surface area contributed by atoms with Gasteiger partial charge in [-0.1, -0.05) is 13.8 Å². The number of aromatic amines is 1. The van der Waals surface area contributed by atoms with Gasteiger partial charge in [0.1, 0.15) is 11.5 Å². The number of phenols is 2. The quantitative estimate of drug-likeness (QED) is 0.659. The Morgan fingerprint density at radius 3 is 2.47 bits per heavy atom. The molecule has 0 saturated heterocycles. The Balaban J connectivity index is 2.54. The first kappa shape index (κ1) is 12.9. The number of nitrogens with two attached hydrogens (primary N) is 1. The molecular formula is C12H14N4O3. The summed E-state index contributed by atoms with van der Waals surface area (Å²) in [6.07, 6.45) is 0. The fourth-order valence-corrected chi connectivity index (χ4v) is 1.74. The van der Waals surface area contributed by atoms with Crippen molar-refractivity contribution < 1.29 is 15.0 Å². The van der Waals surface area contributed by atoms with Gasteiger partial charge in [0.05, 0.1) is 5.56 Å². The lowest BCUT2D eigenvalue weighted by molar-refractivity contribution is 0.0991. The van der Waals surface area contributed by atoms with Crippen LogP contribution in [0.25, 0.3) is 11.4 Å². The molecule has 0 aliphatic carbocycles. The van der Waals surface area contributed by atoms with Gasteiger partial charge in [0.15, 0.2) is 5.82 Å². The monoisotopic (exact) mass is 262 g/mol. The number of rotatable bonds is 3. The zero-order valence-corrected chi connectivity index (χ0v) is 10.5. The molecule has 0 spiro atoms. The summed E-state index contributed by atoms with van der Waals surface area (Å²) < 4.78 is 0. The molecule has 1 heterocycles. The van der Waals surface area contributed by atoms with Gasteiger partial charge in [-0.25, -0.2) is 0 Å². The number of nitrogens with zero attached hydrogens (tertiary/aromatic N) is 2. The van der Waals surface area contributed by atoms with Crippen molar-refractivity contribution in [3.8, 4) is 22.9 Å². The number of hydrogen-bond donors (Lipinski definition) is 4. The van der Waals surface area contributed by atoms with E-state index in [9.17, 15) is 15.0 Å². The van der Waals surface area contributed by atoms with Gasteiger partial charge in [-0.15, -0.1) is 10.2 Å². The molecule has 2 aromatic rings. The number of aromatic nitrogens is 3. The summed E-state index contributed by atoms with van der Waals surface area (Å²) in [5.74, 6) is -0.694. The van der Waals surface area contributed by atoms with Gasteiger partial charge in [0.25, 0.3) is 5.91 Å². The van der Waals surface area contributed by atoms with Crippen LogP contribution in [-0.4, -0.2) is 31.3 Å². The number of phenolic OH excluding ortho intramolecular Hbond substituents is 2. The number of carbonyl (C=O) groups is 1. The van der Waals surface area contributed by atoms with Crippen molar-refractivity contribution >= 4 is 5.91 Å². The minimum absolute atomic E-state index is 0.00545. The third-order valence-electron chi connectivity index (χ3n) is 2.74. The van der Waals surface area contributed by atoms with Gasteiger partial charge in [-0.3, -0.25) is 4.79 Å². The Hall–Kier alpha value is -2.57. The Morgan fingerprint density at radius 2 is 1.95 bits per heavy atom. The largest absolute Gasteiger partial charge is 0.508 e. The van der Waals surface area contributed by atoms with E-state index in [1.165, 1.54) is 6.07 Å². The van der Waals surface area contributed by atoms with Gasteiger partial charge in [0.2, 0.25) is 5.82 Å². The second-order valence-corrected chi connectivity index (χ2v) is 4.47. The van der Waals surface area contributed by atoms with Crippen LogP contribution in [0.5, 0.6) is 11.5 Å². The number of primary amides is 1. The normalized spacial score (nSPS) is 10.9. The molecule has 1 aromatic carbocycles. The molecule has 0 radical (unpaired) electrons. The molecule has 0 aliphatic rings. The third-order valence-corrected chi connectivity index (χ3v) is 2.74. The van der Waals surface area contributed by atoms with Crippen LogP contribution in [0.15, 0.2) is 12.1 Å². The van der Waals surface area contributed by atoms with E-state index < -0.39 is 5.91 Å². The maximum Gasteiger partial charge on any atom is 0.286 e.